The van der Waals surface area contributed by atoms with Gasteiger partial charge in [-0.1, -0.05) is 6.92 Å². The van der Waals surface area contributed by atoms with Crippen LogP contribution in [0.4, 0.5) is 0 Å². The Hall–Kier alpha value is -1.21. The van der Waals surface area contributed by atoms with Crippen molar-refractivity contribution in [2.45, 2.75) is 26.4 Å². The maximum absolute atomic E-state index is 12.0. The molecular weight excluding hydrogens is 331 g/mol. The van der Waals surface area contributed by atoms with Crippen molar-refractivity contribution >= 4 is 42.1 Å². The van der Waals surface area contributed by atoms with Gasteiger partial charge in [-0.05, 0) is 18.6 Å². The molecule has 8 heteroatoms. The van der Waals surface area contributed by atoms with E-state index in [1.807, 2.05) is 6.20 Å². The molecular formula is C13H18Cl2N4OS. The number of pyridine rings is 1. The van der Waals surface area contributed by atoms with Gasteiger partial charge in [0.1, 0.15) is 5.01 Å². The van der Waals surface area contributed by atoms with Gasteiger partial charge in [0.2, 0.25) is 0 Å². The molecule has 3 N–H and O–H groups in total. The molecule has 0 unspecified atom stereocenters. The van der Waals surface area contributed by atoms with Crippen molar-refractivity contribution in [3.8, 4) is 0 Å². The summed E-state index contributed by atoms with van der Waals surface area (Å²) in [5.41, 5.74) is 6.78. The van der Waals surface area contributed by atoms with Crippen LogP contribution in [-0.4, -0.2) is 15.9 Å². The molecule has 0 aliphatic heterocycles. The van der Waals surface area contributed by atoms with Crippen LogP contribution in [0, 0.1) is 0 Å². The average Bonchev–Trinajstić information content (AvgIpc) is 2.93. The van der Waals surface area contributed by atoms with Crippen LogP contribution in [0.25, 0.3) is 0 Å². The summed E-state index contributed by atoms with van der Waals surface area (Å²) in [5.74, 6) is -0.134. The molecule has 2 rings (SSSR count). The van der Waals surface area contributed by atoms with E-state index >= 15 is 0 Å². The van der Waals surface area contributed by atoms with E-state index in [9.17, 15) is 4.79 Å². The summed E-state index contributed by atoms with van der Waals surface area (Å²) in [5, 5.41) is 3.76. The zero-order valence-corrected chi connectivity index (χ0v) is 14.0. The average molecular weight is 349 g/mol. The van der Waals surface area contributed by atoms with E-state index in [2.05, 4.69) is 22.2 Å². The summed E-state index contributed by atoms with van der Waals surface area (Å²) < 4.78 is 0. The fraction of sp³-hybridized carbons (Fsp3) is 0.308. The number of nitrogens with one attached hydrogen (secondary N) is 1. The van der Waals surface area contributed by atoms with Crippen LogP contribution in [0.2, 0.25) is 0 Å². The molecule has 0 aromatic carbocycles. The van der Waals surface area contributed by atoms with Crippen molar-refractivity contribution in [1.82, 2.24) is 15.3 Å². The van der Waals surface area contributed by atoms with E-state index in [-0.39, 0.29) is 30.7 Å². The Morgan fingerprint density at radius 2 is 2.14 bits per heavy atom. The zero-order valence-electron chi connectivity index (χ0n) is 11.5. The minimum absolute atomic E-state index is 0. The lowest BCUT2D eigenvalue weighted by Gasteiger charge is -2.04. The van der Waals surface area contributed by atoms with E-state index in [4.69, 9.17) is 5.73 Å². The highest BCUT2D eigenvalue weighted by Crippen LogP contribution is 2.13. The third kappa shape index (κ3) is 5.59. The molecule has 0 fully saturated rings. The summed E-state index contributed by atoms with van der Waals surface area (Å²) in [6.45, 7) is 2.86. The molecule has 0 spiro atoms. The predicted molar refractivity (Wildman–Crippen MR) is 89.3 cm³/mol. The van der Waals surface area contributed by atoms with Crippen molar-refractivity contribution in [3.05, 3.63) is 45.7 Å². The molecule has 2 aromatic heterocycles. The Balaban J connectivity index is 0.00000200. The SMILES string of the molecule is CCc1cnc(CNC(=O)c2ccnc(CN)c2)s1.Cl.Cl. The number of carbonyl (C=O) groups is 1. The van der Waals surface area contributed by atoms with E-state index in [0.717, 1.165) is 11.4 Å². The molecule has 2 aromatic rings. The summed E-state index contributed by atoms with van der Waals surface area (Å²) in [7, 11) is 0. The Labute approximate surface area is 140 Å². The van der Waals surface area contributed by atoms with Gasteiger partial charge < -0.3 is 11.1 Å². The van der Waals surface area contributed by atoms with Gasteiger partial charge in [-0.25, -0.2) is 4.98 Å². The maximum Gasteiger partial charge on any atom is 0.251 e. The molecule has 0 bridgehead atoms. The zero-order chi connectivity index (χ0) is 13.7. The Kier molecular flexibility index (Phi) is 9.12. The first-order valence-electron chi connectivity index (χ1n) is 6.09. The van der Waals surface area contributed by atoms with Crippen LogP contribution in [0.5, 0.6) is 0 Å². The molecule has 2 heterocycles. The van der Waals surface area contributed by atoms with Crippen LogP contribution in [-0.2, 0) is 19.5 Å². The maximum atomic E-state index is 12.0. The molecule has 116 valence electrons. The van der Waals surface area contributed by atoms with Gasteiger partial charge in [0, 0.05) is 29.4 Å². The fourth-order valence-corrected chi connectivity index (χ4v) is 2.38. The largest absolute Gasteiger partial charge is 0.346 e. The van der Waals surface area contributed by atoms with Gasteiger partial charge in [-0.2, -0.15) is 0 Å². The molecule has 0 atom stereocenters. The van der Waals surface area contributed by atoms with Gasteiger partial charge >= 0.3 is 0 Å². The van der Waals surface area contributed by atoms with Gasteiger partial charge in [0.05, 0.1) is 12.2 Å². The third-order valence-corrected chi connectivity index (χ3v) is 3.78. The van der Waals surface area contributed by atoms with Crippen LogP contribution >= 0.6 is 36.2 Å². The van der Waals surface area contributed by atoms with E-state index < -0.39 is 0 Å². The normalized spacial score (nSPS) is 9.43. The minimum Gasteiger partial charge on any atom is -0.346 e. The fourth-order valence-electron chi connectivity index (χ4n) is 1.58. The van der Waals surface area contributed by atoms with Gasteiger partial charge in [0.25, 0.3) is 5.91 Å². The Morgan fingerprint density at radius 1 is 1.38 bits per heavy atom. The number of carbonyl (C=O) groups excluding carboxylic acids is 1. The van der Waals surface area contributed by atoms with Crippen molar-refractivity contribution in [2.75, 3.05) is 0 Å². The number of halogens is 2. The minimum atomic E-state index is -0.134. The summed E-state index contributed by atoms with van der Waals surface area (Å²) in [6, 6.07) is 3.38. The predicted octanol–water partition coefficient (Wildman–Crippen LogP) is 2.33. The van der Waals surface area contributed by atoms with Gasteiger partial charge in [-0.15, -0.1) is 36.2 Å². The highest BCUT2D eigenvalue weighted by Gasteiger charge is 2.07. The number of thiazole rings is 1. The first kappa shape index (κ1) is 19.8. The van der Waals surface area contributed by atoms with E-state index in [1.54, 1.807) is 29.7 Å². The topological polar surface area (TPSA) is 80.9 Å². The number of nitrogens with zero attached hydrogens (tertiary/aromatic N) is 2. The molecule has 0 radical (unpaired) electrons. The second-order valence-electron chi connectivity index (χ2n) is 4.00. The van der Waals surface area contributed by atoms with Crippen LogP contribution in [0.15, 0.2) is 24.5 Å². The monoisotopic (exact) mass is 348 g/mol. The number of aromatic nitrogens is 2. The highest BCUT2D eigenvalue weighted by atomic mass is 35.5. The first-order valence-corrected chi connectivity index (χ1v) is 6.91. The number of nitrogens with two attached hydrogens (primary N) is 1. The summed E-state index contributed by atoms with van der Waals surface area (Å²) in [6.07, 6.45) is 4.41. The lowest BCUT2D eigenvalue weighted by Crippen LogP contribution is -2.23. The van der Waals surface area contributed by atoms with Crippen molar-refractivity contribution in [2.24, 2.45) is 5.73 Å². The molecule has 0 saturated heterocycles. The van der Waals surface area contributed by atoms with E-state index in [1.165, 1.54) is 4.88 Å². The van der Waals surface area contributed by atoms with Crippen LogP contribution < -0.4 is 11.1 Å². The standard InChI is InChI=1S/C13H16N4OS.2ClH/c1-2-11-7-16-12(19-11)8-17-13(18)9-3-4-15-10(5-9)6-14;;/h3-5,7H,2,6,8,14H2,1H3,(H,17,18);2*1H. The van der Waals surface area contributed by atoms with Gasteiger partial charge in [0.15, 0.2) is 0 Å². The highest BCUT2D eigenvalue weighted by molar-refractivity contribution is 7.11. The smallest absolute Gasteiger partial charge is 0.251 e. The summed E-state index contributed by atoms with van der Waals surface area (Å²) >= 11 is 1.62. The molecule has 0 aliphatic carbocycles. The number of amides is 1. The molecule has 5 nitrogen and oxygen atoms in total. The molecule has 1 amide bonds. The van der Waals surface area contributed by atoms with Crippen molar-refractivity contribution in [1.29, 1.82) is 0 Å². The Bertz CT molecular complexity index is 577. The van der Waals surface area contributed by atoms with Crippen LogP contribution in [0.1, 0.15) is 32.9 Å². The number of rotatable bonds is 5. The summed E-state index contributed by atoms with van der Waals surface area (Å²) in [4.78, 5) is 21.5. The van der Waals surface area contributed by atoms with Crippen molar-refractivity contribution < 1.29 is 4.79 Å². The third-order valence-electron chi connectivity index (χ3n) is 2.64. The lowest BCUT2D eigenvalue weighted by molar-refractivity contribution is 0.0950. The molecule has 0 saturated carbocycles. The van der Waals surface area contributed by atoms with Gasteiger partial charge in [-0.3, -0.25) is 9.78 Å². The second kappa shape index (κ2) is 9.68. The number of hydrogen-bond donors (Lipinski definition) is 2. The quantitative estimate of drug-likeness (QED) is 0.868. The second-order valence-corrected chi connectivity index (χ2v) is 5.20. The van der Waals surface area contributed by atoms with Crippen LogP contribution in [0.3, 0.4) is 0 Å². The first-order chi connectivity index (χ1) is 9.22. The molecule has 0 aliphatic rings. The van der Waals surface area contributed by atoms with Crippen molar-refractivity contribution in [3.63, 3.8) is 0 Å². The Morgan fingerprint density at radius 3 is 2.76 bits per heavy atom. The number of hydrogen-bond acceptors (Lipinski definition) is 5. The lowest BCUT2D eigenvalue weighted by atomic mass is 10.2. The number of aryl methyl sites for hydroxylation is 1. The molecule has 21 heavy (non-hydrogen) atoms. The van der Waals surface area contributed by atoms with E-state index in [0.29, 0.717) is 24.3 Å².